The van der Waals surface area contributed by atoms with E-state index in [9.17, 15) is 0 Å². The molecule has 7 heteroatoms. The Labute approximate surface area is 654 Å². The van der Waals surface area contributed by atoms with Crippen molar-refractivity contribution >= 4 is 65.0 Å². The Morgan fingerprint density at radius 3 is 1.18 bits per heavy atom. The second-order valence-electron chi connectivity index (χ2n) is 28.5. The summed E-state index contributed by atoms with van der Waals surface area (Å²) >= 11 is 0. The van der Waals surface area contributed by atoms with E-state index < -0.39 is 0 Å². The van der Waals surface area contributed by atoms with Gasteiger partial charge in [0.05, 0.1) is 39.3 Å². The van der Waals surface area contributed by atoms with E-state index in [2.05, 4.69) is 387 Å². The highest BCUT2D eigenvalue weighted by molar-refractivity contribution is 6.14. The van der Waals surface area contributed by atoms with Gasteiger partial charge in [0, 0.05) is 61.8 Å². The maximum Gasteiger partial charge on any atom is 0.160 e. The molecule has 4 heterocycles. The van der Waals surface area contributed by atoms with Gasteiger partial charge in [-0.05, 0) is 154 Å². The molecule has 0 saturated carbocycles. The molecule has 0 spiro atoms. The molecule has 7 nitrogen and oxygen atoms in total. The highest BCUT2D eigenvalue weighted by Crippen LogP contribution is 2.41. The standard InChI is InChI=1S/C55H36N4.C51H33N3/c1-3-13-37(14-4-1)38-23-31-42(32-24-38)54-56-51(40-27-25-39(26-28-40)49-35-44-15-7-8-18-46(44)47-19-9-10-20-48(47)49)36-52(57-54)41-29-33-43(34-30-41)55-58-50-21-11-12-22-53(50)59(55)45-16-5-2-6-17-45;1-4-17-44-35(10-1)13-8-19-46(44)37-24-28-39(29-25-37)50-32-49(38-26-22-34(23-27-38)43-31-41-12-3-6-21-48(41)52-33-43)53-51(54-50)42-16-7-15-40(30-42)47-20-9-14-36-11-2-5-18-45(36)47/h1-36H;1-33H. The highest BCUT2D eigenvalue weighted by atomic mass is 15.1. The predicted octanol–water partition coefficient (Wildman–Crippen LogP) is 27.5. The van der Waals surface area contributed by atoms with Crippen molar-refractivity contribution in [3.63, 3.8) is 0 Å². The molecule has 0 atom stereocenters. The molecule has 113 heavy (non-hydrogen) atoms. The Balaban J connectivity index is 0.000000147. The Morgan fingerprint density at radius 2 is 0.575 bits per heavy atom. The number of nitrogens with zero attached hydrogens (tertiary/aromatic N) is 7. The first kappa shape index (κ1) is 67.2. The number of hydrogen-bond acceptors (Lipinski definition) is 6. The van der Waals surface area contributed by atoms with Crippen molar-refractivity contribution in [2.75, 3.05) is 0 Å². The summed E-state index contributed by atoms with van der Waals surface area (Å²) in [6.07, 6.45) is 1.95. The lowest BCUT2D eigenvalue weighted by Gasteiger charge is -2.13. The maximum absolute atomic E-state index is 5.22. The van der Waals surface area contributed by atoms with Gasteiger partial charge < -0.3 is 0 Å². The molecule has 4 aromatic heterocycles. The van der Waals surface area contributed by atoms with Crippen LogP contribution in [0.2, 0.25) is 0 Å². The third-order valence-electron chi connectivity index (χ3n) is 21.6. The van der Waals surface area contributed by atoms with Crippen molar-refractivity contribution < 1.29 is 0 Å². The van der Waals surface area contributed by atoms with Crippen LogP contribution in [0, 0.1) is 0 Å². The zero-order valence-corrected chi connectivity index (χ0v) is 61.5. The molecule has 0 aliphatic carbocycles. The van der Waals surface area contributed by atoms with Crippen molar-refractivity contribution in [2.24, 2.45) is 0 Å². The Kier molecular flexibility index (Phi) is 17.5. The van der Waals surface area contributed by atoms with E-state index in [0.29, 0.717) is 11.6 Å². The Bertz CT molecular complexity index is 7110. The molecule has 17 aromatic carbocycles. The lowest BCUT2D eigenvalue weighted by molar-refractivity contribution is 1.10. The Hall–Kier alpha value is -15.2. The van der Waals surface area contributed by atoms with Crippen LogP contribution in [0.1, 0.15) is 0 Å². The van der Waals surface area contributed by atoms with E-state index in [1.54, 1.807) is 0 Å². The quantitative estimate of drug-likeness (QED) is 0.107. The third-order valence-corrected chi connectivity index (χ3v) is 21.6. The second kappa shape index (κ2) is 29.4. The molecular weight excluding hydrogens is 1370 g/mol. The van der Waals surface area contributed by atoms with Crippen LogP contribution in [0.4, 0.5) is 0 Å². The molecule has 0 saturated heterocycles. The molecule has 0 amide bonds. The number of para-hydroxylation sites is 4. The van der Waals surface area contributed by atoms with Crippen LogP contribution in [-0.4, -0.2) is 34.5 Å². The first-order chi connectivity index (χ1) is 56.0. The van der Waals surface area contributed by atoms with Gasteiger partial charge in [0.15, 0.2) is 11.6 Å². The van der Waals surface area contributed by atoms with Crippen LogP contribution in [0.3, 0.4) is 0 Å². The van der Waals surface area contributed by atoms with Gasteiger partial charge in [-0.15, -0.1) is 0 Å². The number of pyridine rings is 1. The lowest BCUT2D eigenvalue weighted by atomic mass is 9.93. The minimum absolute atomic E-state index is 0.677. The smallest absolute Gasteiger partial charge is 0.160 e. The van der Waals surface area contributed by atoms with Gasteiger partial charge in [-0.25, -0.2) is 24.9 Å². The summed E-state index contributed by atoms with van der Waals surface area (Å²) in [5.41, 5.74) is 26.2. The fraction of sp³-hybridized carbons (Fsp3) is 0. The summed E-state index contributed by atoms with van der Waals surface area (Å²) in [5, 5.41) is 11.0. The van der Waals surface area contributed by atoms with Crippen molar-refractivity contribution in [3.8, 4) is 141 Å². The lowest BCUT2D eigenvalue weighted by Crippen LogP contribution is -1.98. The monoisotopic (exact) mass is 1440 g/mol. The number of imidazole rings is 1. The number of fused-ring (bicyclic) bond motifs is 7. The third kappa shape index (κ3) is 13.3. The summed E-state index contributed by atoms with van der Waals surface area (Å²) < 4.78 is 2.23. The van der Waals surface area contributed by atoms with Crippen LogP contribution < -0.4 is 0 Å². The van der Waals surface area contributed by atoms with Crippen LogP contribution in [0.25, 0.3) is 206 Å². The largest absolute Gasteiger partial charge is 0.292 e. The van der Waals surface area contributed by atoms with Gasteiger partial charge in [-0.1, -0.05) is 352 Å². The average molecular weight is 1440 g/mol. The van der Waals surface area contributed by atoms with Crippen molar-refractivity contribution in [3.05, 3.63) is 419 Å². The van der Waals surface area contributed by atoms with Gasteiger partial charge in [0.1, 0.15) is 5.82 Å². The molecule has 0 radical (unpaired) electrons. The SMILES string of the molecule is c1cc(-c2nc(-c3ccc(-c4cnc5ccccc5c4)cc3)cc(-c3ccc(-c4cccc5ccccc45)cc3)n2)cc(-c2cccc3ccccc23)c1.c1ccc(-c2ccc(-c3nc(-c4ccc(-c5cc6ccccc6c6ccccc56)cc4)cc(-c4ccc(-c5nc6ccccc6n5-c5ccccc5)cc4)n3)cc2)cc1. The van der Waals surface area contributed by atoms with Crippen molar-refractivity contribution in [1.82, 2.24) is 34.5 Å². The number of benzene rings is 17. The predicted molar refractivity (Wildman–Crippen MR) is 469 cm³/mol. The molecule has 0 N–H and O–H groups in total. The molecule has 0 fully saturated rings. The van der Waals surface area contributed by atoms with Crippen LogP contribution in [-0.2, 0) is 0 Å². The zero-order valence-electron chi connectivity index (χ0n) is 61.5. The molecule has 528 valence electrons. The molecular formula is C106H69N7. The first-order valence-electron chi connectivity index (χ1n) is 38.2. The molecule has 0 aliphatic rings. The second-order valence-corrected chi connectivity index (χ2v) is 28.5. The van der Waals surface area contributed by atoms with Crippen LogP contribution in [0.15, 0.2) is 419 Å². The summed E-state index contributed by atoms with van der Waals surface area (Å²) in [6, 6.07) is 145. The van der Waals surface area contributed by atoms with Crippen LogP contribution in [0.5, 0.6) is 0 Å². The normalized spacial score (nSPS) is 11.4. The summed E-state index contributed by atoms with van der Waals surface area (Å²) in [7, 11) is 0. The van der Waals surface area contributed by atoms with Gasteiger partial charge in [0.25, 0.3) is 0 Å². The van der Waals surface area contributed by atoms with Crippen molar-refractivity contribution in [2.45, 2.75) is 0 Å². The van der Waals surface area contributed by atoms with Gasteiger partial charge in [-0.2, -0.15) is 0 Å². The molecule has 0 aliphatic heterocycles. The van der Waals surface area contributed by atoms with E-state index in [4.69, 9.17) is 29.9 Å². The van der Waals surface area contributed by atoms with E-state index >= 15 is 0 Å². The van der Waals surface area contributed by atoms with Crippen molar-refractivity contribution in [1.29, 1.82) is 0 Å². The maximum atomic E-state index is 5.22. The highest BCUT2D eigenvalue weighted by Gasteiger charge is 2.20. The minimum Gasteiger partial charge on any atom is -0.292 e. The van der Waals surface area contributed by atoms with Gasteiger partial charge in [0.2, 0.25) is 0 Å². The number of rotatable bonds is 13. The molecule has 0 bridgehead atoms. The van der Waals surface area contributed by atoms with E-state index in [-0.39, 0.29) is 0 Å². The number of hydrogen-bond donors (Lipinski definition) is 0. The molecule has 21 rings (SSSR count). The molecule has 21 aromatic rings. The topological polar surface area (TPSA) is 82.3 Å². The average Bonchev–Trinajstić information content (AvgIpc) is 1.54. The molecule has 0 unspecified atom stereocenters. The Morgan fingerprint density at radius 1 is 0.186 bits per heavy atom. The first-order valence-corrected chi connectivity index (χ1v) is 38.2. The summed E-state index contributed by atoms with van der Waals surface area (Å²) in [5.74, 6) is 2.26. The summed E-state index contributed by atoms with van der Waals surface area (Å²) in [4.78, 5) is 30.6. The van der Waals surface area contributed by atoms with Gasteiger partial charge in [-0.3, -0.25) is 9.55 Å². The zero-order chi connectivity index (χ0) is 75.0. The fourth-order valence-electron chi connectivity index (χ4n) is 15.8. The summed E-state index contributed by atoms with van der Waals surface area (Å²) in [6.45, 7) is 0. The number of aromatic nitrogens is 7. The van der Waals surface area contributed by atoms with Gasteiger partial charge >= 0.3 is 0 Å². The van der Waals surface area contributed by atoms with Crippen LogP contribution >= 0.6 is 0 Å². The fourth-order valence-corrected chi connectivity index (χ4v) is 15.8. The minimum atomic E-state index is 0.677. The van der Waals surface area contributed by atoms with E-state index in [1.165, 1.54) is 76.5 Å². The van der Waals surface area contributed by atoms with E-state index in [1.807, 2.05) is 36.5 Å². The van der Waals surface area contributed by atoms with E-state index in [0.717, 1.165) is 117 Å².